The van der Waals surface area contributed by atoms with Crippen LogP contribution in [-0.4, -0.2) is 84.0 Å². The Labute approximate surface area is 275 Å². The summed E-state index contributed by atoms with van der Waals surface area (Å²) in [5.41, 5.74) is 3.68. The summed E-state index contributed by atoms with van der Waals surface area (Å²) in [6.45, 7) is 8.13. The Balaban J connectivity index is 1.47. The number of β-amino-alcohol motifs (C(OH)–C–C–N with tert-alkyl or cyclic N) is 1. The maximum absolute atomic E-state index is 15.6. The van der Waals surface area contributed by atoms with E-state index in [1.165, 1.54) is 11.8 Å². The van der Waals surface area contributed by atoms with Gasteiger partial charge in [0.2, 0.25) is 0 Å². The molecule has 2 aliphatic rings. The van der Waals surface area contributed by atoms with Crippen molar-refractivity contribution in [1.29, 1.82) is 0 Å². The summed E-state index contributed by atoms with van der Waals surface area (Å²) in [6.07, 6.45) is 7.19. The van der Waals surface area contributed by atoms with Gasteiger partial charge in [0.25, 0.3) is 0 Å². The SMILES string of the molecule is CCc1c(F)ccc2cc3c(cnn3C3CCCCO3)c(-n3nc(C)c4c5c(N6CCOC[C@@](C)(O)C6)nc(SC)nc5n(C)c43)c12. The van der Waals surface area contributed by atoms with E-state index in [1.807, 2.05) is 48.8 Å². The first-order chi connectivity index (χ1) is 22.7. The van der Waals surface area contributed by atoms with Gasteiger partial charge in [-0.1, -0.05) is 24.8 Å². The number of ether oxygens (including phenoxy) is 2. The molecule has 47 heavy (non-hydrogen) atoms. The molecule has 0 bridgehead atoms. The number of halogens is 1. The Kier molecular flexibility index (Phi) is 7.43. The van der Waals surface area contributed by atoms with Crippen molar-refractivity contribution in [3.8, 4) is 5.69 Å². The average molecular weight is 659 g/mol. The lowest BCUT2D eigenvalue weighted by molar-refractivity contribution is -0.0366. The third-order valence-electron chi connectivity index (χ3n) is 9.60. The third kappa shape index (κ3) is 4.81. The maximum Gasteiger partial charge on any atom is 0.191 e. The molecule has 6 aromatic rings. The van der Waals surface area contributed by atoms with Crippen molar-refractivity contribution in [2.75, 3.05) is 44.1 Å². The third-order valence-corrected chi connectivity index (χ3v) is 10.2. The van der Waals surface area contributed by atoms with Gasteiger partial charge >= 0.3 is 0 Å². The Bertz CT molecular complexity index is 2180. The highest BCUT2D eigenvalue weighted by Gasteiger charge is 2.33. The molecule has 8 rings (SSSR count). The van der Waals surface area contributed by atoms with Gasteiger partial charge in [-0.25, -0.2) is 23.7 Å². The molecule has 11 nitrogen and oxygen atoms in total. The second kappa shape index (κ2) is 11.4. The fourth-order valence-corrected chi connectivity index (χ4v) is 7.85. The summed E-state index contributed by atoms with van der Waals surface area (Å²) in [6, 6.07) is 5.51. The van der Waals surface area contributed by atoms with Crippen LogP contribution in [0, 0.1) is 12.7 Å². The van der Waals surface area contributed by atoms with Gasteiger partial charge in [-0.05, 0) is 68.9 Å². The molecule has 0 aliphatic carbocycles. The lowest BCUT2D eigenvalue weighted by Gasteiger charge is -2.28. The first-order valence-electron chi connectivity index (χ1n) is 16.3. The lowest BCUT2D eigenvalue weighted by Crippen LogP contribution is -2.42. The van der Waals surface area contributed by atoms with Gasteiger partial charge in [0.05, 0.1) is 53.6 Å². The number of anilines is 1. The summed E-state index contributed by atoms with van der Waals surface area (Å²) >= 11 is 1.48. The van der Waals surface area contributed by atoms with Crippen LogP contribution in [0.15, 0.2) is 29.6 Å². The smallest absolute Gasteiger partial charge is 0.191 e. The van der Waals surface area contributed by atoms with Crippen LogP contribution in [0.4, 0.5) is 10.2 Å². The zero-order valence-corrected chi connectivity index (χ0v) is 28.2. The predicted octanol–water partition coefficient (Wildman–Crippen LogP) is 5.83. The van der Waals surface area contributed by atoms with Crippen LogP contribution in [0.2, 0.25) is 0 Å². The summed E-state index contributed by atoms with van der Waals surface area (Å²) in [7, 11) is 1.99. The molecule has 0 radical (unpaired) electrons. The fraction of sp³-hybridized carbons (Fsp3) is 0.471. The molecule has 4 aromatic heterocycles. The van der Waals surface area contributed by atoms with Gasteiger partial charge in [-0.15, -0.1) is 0 Å². The normalized spacial score (nSPS) is 21.1. The van der Waals surface area contributed by atoms with E-state index < -0.39 is 5.60 Å². The van der Waals surface area contributed by atoms with E-state index in [1.54, 1.807) is 13.0 Å². The predicted molar refractivity (Wildman–Crippen MR) is 182 cm³/mol. The number of nitrogens with zero attached hydrogens (tertiary/aromatic N) is 8. The highest BCUT2D eigenvalue weighted by atomic mass is 32.2. The molecule has 0 spiro atoms. The second-order valence-corrected chi connectivity index (χ2v) is 13.8. The van der Waals surface area contributed by atoms with Crippen LogP contribution < -0.4 is 4.90 Å². The quantitative estimate of drug-likeness (QED) is 0.181. The second-order valence-electron chi connectivity index (χ2n) is 13.0. The molecule has 2 saturated heterocycles. The number of rotatable bonds is 5. The molecule has 246 valence electrons. The van der Waals surface area contributed by atoms with Gasteiger partial charge in [0.1, 0.15) is 28.5 Å². The van der Waals surface area contributed by atoms with Crippen molar-refractivity contribution in [2.24, 2.45) is 7.05 Å². The van der Waals surface area contributed by atoms with Gasteiger partial charge in [0.15, 0.2) is 11.4 Å². The topological polar surface area (TPSA) is 108 Å². The molecular formula is C34H39FN8O3S. The average Bonchev–Trinajstić information content (AvgIpc) is 3.69. The van der Waals surface area contributed by atoms with E-state index in [2.05, 4.69) is 15.5 Å². The van der Waals surface area contributed by atoms with Crippen LogP contribution in [0.5, 0.6) is 0 Å². The van der Waals surface area contributed by atoms with Crippen molar-refractivity contribution >= 4 is 61.3 Å². The van der Waals surface area contributed by atoms with Crippen molar-refractivity contribution in [1.82, 2.24) is 34.1 Å². The van der Waals surface area contributed by atoms with Gasteiger partial charge in [-0.3, -0.25) is 0 Å². The van der Waals surface area contributed by atoms with Gasteiger partial charge in [0, 0.05) is 31.0 Å². The molecule has 2 fully saturated rings. The van der Waals surface area contributed by atoms with E-state index in [9.17, 15) is 5.11 Å². The van der Waals surface area contributed by atoms with Crippen LogP contribution in [0.3, 0.4) is 0 Å². The summed E-state index contributed by atoms with van der Waals surface area (Å²) in [5.74, 6) is 0.498. The molecule has 0 amide bonds. The van der Waals surface area contributed by atoms with E-state index in [0.29, 0.717) is 43.4 Å². The van der Waals surface area contributed by atoms with Crippen LogP contribution in [0.25, 0.3) is 49.4 Å². The minimum absolute atomic E-state index is 0.160. The highest BCUT2D eigenvalue weighted by Crippen LogP contribution is 2.42. The van der Waals surface area contributed by atoms with Crippen molar-refractivity contribution in [2.45, 2.75) is 63.4 Å². The molecule has 0 saturated carbocycles. The minimum Gasteiger partial charge on any atom is -0.386 e. The zero-order valence-electron chi connectivity index (χ0n) is 27.4. The van der Waals surface area contributed by atoms with Crippen LogP contribution in [-0.2, 0) is 22.9 Å². The van der Waals surface area contributed by atoms with Crippen molar-refractivity contribution in [3.05, 3.63) is 41.5 Å². The standard InChI is InChI=1S/C34H39FN8O3S/c1-6-21-23(35)11-10-20-15-24-22(16-36-42(24)25-9-7-8-13-46-25)29(27(20)21)43-32-26(19(2)39-43)28-30(40(32)4)37-33(47-5)38-31(28)41-12-14-45-18-34(3,44)17-41/h10-11,15-16,25,44H,6-9,12-14,17-18H2,1-5H3/t25?,34-/m0/s1. The Morgan fingerprint density at radius 3 is 2.77 bits per heavy atom. The van der Waals surface area contributed by atoms with Gasteiger partial charge in [-0.2, -0.15) is 10.2 Å². The largest absolute Gasteiger partial charge is 0.386 e. The Morgan fingerprint density at radius 1 is 1.15 bits per heavy atom. The van der Waals surface area contributed by atoms with Crippen molar-refractivity contribution in [3.63, 3.8) is 0 Å². The lowest BCUT2D eigenvalue weighted by atomic mass is 9.98. The molecular weight excluding hydrogens is 619 g/mol. The molecule has 6 heterocycles. The molecule has 13 heteroatoms. The fourth-order valence-electron chi connectivity index (χ4n) is 7.49. The van der Waals surface area contributed by atoms with Gasteiger partial charge < -0.3 is 24.0 Å². The van der Waals surface area contributed by atoms with E-state index in [0.717, 1.165) is 80.2 Å². The van der Waals surface area contributed by atoms with E-state index in [-0.39, 0.29) is 18.7 Å². The molecule has 2 aromatic carbocycles. The van der Waals surface area contributed by atoms with E-state index in [4.69, 9.17) is 29.6 Å². The number of benzene rings is 2. The molecule has 2 aliphatic heterocycles. The molecule has 2 atom stereocenters. The molecule has 1 unspecified atom stereocenters. The Hall–Kier alpha value is -3.78. The number of thioether (sulfide) groups is 1. The van der Waals surface area contributed by atoms with Crippen LogP contribution in [0.1, 0.15) is 50.6 Å². The van der Waals surface area contributed by atoms with E-state index >= 15 is 4.39 Å². The number of hydrogen-bond donors (Lipinski definition) is 1. The number of aliphatic hydroxyl groups is 1. The number of fused-ring (bicyclic) bond motifs is 5. The van der Waals surface area contributed by atoms with Crippen LogP contribution >= 0.6 is 11.8 Å². The number of hydrogen-bond acceptors (Lipinski definition) is 9. The highest BCUT2D eigenvalue weighted by molar-refractivity contribution is 7.98. The minimum atomic E-state index is -1.04. The zero-order chi connectivity index (χ0) is 32.6. The van der Waals surface area contributed by atoms with Crippen molar-refractivity contribution < 1.29 is 19.0 Å². The monoisotopic (exact) mass is 658 g/mol. The maximum atomic E-state index is 15.6. The Morgan fingerprint density at radius 2 is 2.00 bits per heavy atom. The number of aryl methyl sites for hydroxylation is 3. The first kappa shape index (κ1) is 30.5. The summed E-state index contributed by atoms with van der Waals surface area (Å²) in [5, 5.41) is 26.2. The summed E-state index contributed by atoms with van der Waals surface area (Å²) in [4.78, 5) is 12.1. The summed E-state index contributed by atoms with van der Waals surface area (Å²) < 4.78 is 33.5. The first-order valence-corrected chi connectivity index (χ1v) is 17.5. The number of aromatic nitrogens is 7. The molecule has 1 N–H and O–H groups in total.